The molecule has 26 heavy (non-hydrogen) atoms. The zero-order valence-electron chi connectivity index (χ0n) is 15.8. The second-order valence-corrected chi connectivity index (χ2v) is 7.79. The van der Waals surface area contributed by atoms with Gasteiger partial charge < -0.3 is 15.4 Å². The van der Waals surface area contributed by atoms with Crippen LogP contribution in [0, 0.1) is 6.92 Å². The monoisotopic (exact) mass is 379 g/mol. The number of amides is 2. The molecule has 0 aromatic carbocycles. The minimum atomic E-state index is -0.453. The van der Waals surface area contributed by atoms with Crippen molar-refractivity contribution in [3.63, 3.8) is 0 Å². The molecular formula is C19H29N3O3S. The van der Waals surface area contributed by atoms with E-state index in [1.165, 1.54) is 6.92 Å². The molecule has 0 radical (unpaired) electrons. The third-order valence-corrected chi connectivity index (χ3v) is 5.14. The topological polar surface area (TPSA) is 80.3 Å². The molecule has 0 bridgehead atoms. The molecule has 1 saturated carbocycles. The fourth-order valence-corrected chi connectivity index (χ4v) is 3.54. The molecule has 7 heteroatoms. The Balaban J connectivity index is 1.78. The van der Waals surface area contributed by atoms with Crippen molar-refractivity contribution in [2.75, 3.05) is 12.0 Å². The lowest BCUT2D eigenvalue weighted by molar-refractivity contribution is -0.128. The standard InChI is InChI=1S/C19H29N3O3S/c1-13-4-9-18(20-12-13)25-16-7-5-15(6-8-16)22-19(24)17(10-11-26-3)21-14(2)23/h4,9,12,15-17H,5-8,10-11H2,1-3H3,(H,21,23)(H,22,24). The van der Waals surface area contributed by atoms with Gasteiger partial charge in [-0.25, -0.2) is 4.98 Å². The number of aryl methyl sites for hydroxylation is 1. The molecule has 1 heterocycles. The summed E-state index contributed by atoms with van der Waals surface area (Å²) in [5, 5.41) is 5.84. The molecule has 1 aromatic heterocycles. The Labute approximate surface area is 159 Å². The lowest BCUT2D eigenvalue weighted by atomic mass is 9.92. The molecule has 0 aliphatic heterocycles. The normalized spacial score (nSPS) is 20.9. The van der Waals surface area contributed by atoms with Gasteiger partial charge in [0, 0.05) is 25.2 Å². The van der Waals surface area contributed by atoms with Gasteiger partial charge in [-0.15, -0.1) is 0 Å². The van der Waals surface area contributed by atoms with E-state index in [4.69, 9.17) is 4.74 Å². The summed E-state index contributed by atoms with van der Waals surface area (Å²) in [7, 11) is 0. The Morgan fingerprint density at radius 2 is 2.04 bits per heavy atom. The van der Waals surface area contributed by atoms with Gasteiger partial charge in [0.05, 0.1) is 0 Å². The summed E-state index contributed by atoms with van der Waals surface area (Å²) in [6, 6.07) is 3.57. The Hall–Kier alpha value is -1.76. The van der Waals surface area contributed by atoms with Crippen LogP contribution in [-0.4, -0.2) is 47.0 Å². The third kappa shape index (κ3) is 6.86. The Kier molecular flexibility index (Phi) is 8.22. The van der Waals surface area contributed by atoms with Gasteiger partial charge in [0.2, 0.25) is 17.7 Å². The number of rotatable bonds is 8. The van der Waals surface area contributed by atoms with Gasteiger partial charge in [-0.3, -0.25) is 9.59 Å². The molecule has 6 nitrogen and oxygen atoms in total. The van der Waals surface area contributed by atoms with Crippen LogP contribution in [0.2, 0.25) is 0 Å². The molecule has 1 unspecified atom stereocenters. The lowest BCUT2D eigenvalue weighted by Crippen LogP contribution is -2.50. The van der Waals surface area contributed by atoms with Crippen LogP contribution in [-0.2, 0) is 9.59 Å². The predicted molar refractivity (Wildman–Crippen MR) is 104 cm³/mol. The first kappa shape index (κ1) is 20.6. The maximum atomic E-state index is 12.5. The van der Waals surface area contributed by atoms with Gasteiger partial charge in [-0.2, -0.15) is 11.8 Å². The van der Waals surface area contributed by atoms with Gasteiger partial charge >= 0.3 is 0 Å². The van der Waals surface area contributed by atoms with Crippen LogP contribution in [0.5, 0.6) is 5.88 Å². The fourth-order valence-electron chi connectivity index (χ4n) is 3.07. The number of thioether (sulfide) groups is 1. The third-order valence-electron chi connectivity index (χ3n) is 4.50. The zero-order chi connectivity index (χ0) is 18.9. The van der Waals surface area contributed by atoms with E-state index in [-0.39, 0.29) is 24.0 Å². The van der Waals surface area contributed by atoms with E-state index in [2.05, 4.69) is 15.6 Å². The summed E-state index contributed by atoms with van der Waals surface area (Å²) < 4.78 is 5.93. The van der Waals surface area contributed by atoms with E-state index in [1.807, 2.05) is 25.3 Å². The largest absolute Gasteiger partial charge is 0.474 e. The number of carbonyl (C=O) groups is 2. The summed E-state index contributed by atoms with van der Waals surface area (Å²) in [6.45, 7) is 3.44. The summed E-state index contributed by atoms with van der Waals surface area (Å²) in [5.41, 5.74) is 1.11. The average Bonchev–Trinajstić information content (AvgIpc) is 2.62. The molecule has 0 saturated heterocycles. The number of nitrogens with zero attached hydrogens (tertiary/aromatic N) is 1. The fraction of sp³-hybridized carbons (Fsp3) is 0.632. The summed E-state index contributed by atoms with van der Waals surface area (Å²) in [4.78, 5) is 28.1. The van der Waals surface area contributed by atoms with E-state index in [0.717, 1.165) is 37.0 Å². The van der Waals surface area contributed by atoms with E-state index >= 15 is 0 Å². The van der Waals surface area contributed by atoms with Crippen molar-refractivity contribution < 1.29 is 14.3 Å². The Bertz CT molecular complexity index is 586. The zero-order valence-corrected chi connectivity index (χ0v) is 16.6. The molecule has 1 fully saturated rings. The highest BCUT2D eigenvalue weighted by Gasteiger charge is 2.26. The van der Waals surface area contributed by atoms with Crippen molar-refractivity contribution in [1.29, 1.82) is 0 Å². The number of pyridine rings is 1. The molecule has 1 atom stereocenters. The molecule has 1 aliphatic rings. The van der Waals surface area contributed by atoms with E-state index in [9.17, 15) is 9.59 Å². The van der Waals surface area contributed by atoms with Crippen molar-refractivity contribution in [3.05, 3.63) is 23.9 Å². The van der Waals surface area contributed by atoms with Gasteiger partial charge in [0.15, 0.2) is 0 Å². The molecule has 1 aliphatic carbocycles. The maximum absolute atomic E-state index is 12.5. The lowest BCUT2D eigenvalue weighted by Gasteiger charge is -2.30. The first-order valence-electron chi connectivity index (χ1n) is 9.13. The minimum Gasteiger partial charge on any atom is -0.474 e. The number of hydrogen-bond donors (Lipinski definition) is 2. The molecule has 2 rings (SSSR count). The number of aromatic nitrogens is 1. The highest BCUT2D eigenvalue weighted by Crippen LogP contribution is 2.23. The van der Waals surface area contributed by atoms with Crippen LogP contribution in [0.1, 0.15) is 44.6 Å². The van der Waals surface area contributed by atoms with Crippen LogP contribution >= 0.6 is 11.8 Å². The highest BCUT2D eigenvalue weighted by atomic mass is 32.2. The molecule has 2 amide bonds. The van der Waals surface area contributed by atoms with Crippen LogP contribution in [0.4, 0.5) is 0 Å². The molecule has 0 spiro atoms. The van der Waals surface area contributed by atoms with Crippen LogP contribution in [0.3, 0.4) is 0 Å². The maximum Gasteiger partial charge on any atom is 0.242 e. The van der Waals surface area contributed by atoms with Crippen LogP contribution < -0.4 is 15.4 Å². The molecule has 2 N–H and O–H groups in total. The molecule has 144 valence electrons. The number of hydrogen-bond acceptors (Lipinski definition) is 5. The van der Waals surface area contributed by atoms with Crippen molar-refractivity contribution in [2.24, 2.45) is 0 Å². The molecular weight excluding hydrogens is 350 g/mol. The summed E-state index contributed by atoms with van der Waals surface area (Å²) in [6.07, 6.45) is 8.09. The van der Waals surface area contributed by atoms with E-state index in [1.54, 1.807) is 18.0 Å². The Morgan fingerprint density at radius 1 is 1.31 bits per heavy atom. The second kappa shape index (κ2) is 10.4. The van der Waals surface area contributed by atoms with Crippen molar-refractivity contribution in [3.8, 4) is 5.88 Å². The SMILES string of the molecule is CSCCC(NC(C)=O)C(=O)NC1CCC(Oc2ccc(C)cn2)CC1. The molecule has 1 aromatic rings. The van der Waals surface area contributed by atoms with Gasteiger partial charge in [0.1, 0.15) is 12.1 Å². The van der Waals surface area contributed by atoms with Gasteiger partial charge in [-0.1, -0.05) is 6.07 Å². The van der Waals surface area contributed by atoms with Gasteiger partial charge in [0.25, 0.3) is 0 Å². The Morgan fingerprint density at radius 3 is 2.62 bits per heavy atom. The smallest absolute Gasteiger partial charge is 0.242 e. The van der Waals surface area contributed by atoms with Crippen LogP contribution in [0.15, 0.2) is 18.3 Å². The van der Waals surface area contributed by atoms with Crippen LogP contribution in [0.25, 0.3) is 0 Å². The number of ether oxygens (including phenoxy) is 1. The van der Waals surface area contributed by atoms with Crippen molar-refractivity contribution in [2.45, 2.75) is 64.1 Å². The van der Waals surface area contributed by atoms with Crippen molar-refractivity contribution in [1.82, 2.24) is 15.6 Å². The second-order valence-electron chi connectivity index (χ2n) is 6.81. The van der Waals surface area contributed by atoms with Crippen molar-refractivity contribution >= 4 is 23.6 Å². The van der Waals surface area contributed by atoms with E-state index in [0.29, 0.717) is 12.3 Å². The number of nitrogens with one attached hydrogen (secondary N) is 2. The first-order chi connectivity index (χ1) is 12.5. The quantitative estimate of drug-likeness (QED) is 0.725. The first-order valence-corrected chi connectivity index (χ1v) is 10.5. The van der Waals surface area contributed by atoms with Gasteiger partial charge in [-0.05, 0) is 56.6 Å². The summed E-state index contributed by atoms with van der Waals surface area (Å²) in [5.74, 6) is 1.24. The van der Waals surface area contributed by atoms with E-state index < -0.39 is 6.04 Å². The highest BCUT2D eigenvalue weighted by molar-refractivity contribution is 7.98. The predicted octanol–water partition coefficient (Wildman–Crippen LogP) is 2.45. The average molecular weight is 380 g/mol. The minimum absolute atomic E-state index is 0.0844. The summed E-state index contributed by atoms with van der Waals surface area (Å²) >= 11 is 1.67. The number of carbonyl (C=O) groups excluding carboxylic acids is 2.